The summed E-state index contributed by atoms with van der Waals surface area (Å²) in [6.45, 7) is 4.37. The molecule has 0 amide bonds. The van der Waals surface area contributed by atoms with Gasteiger partial charge in [0.1, 0.15) is 0 Å². The van der Waals surface area contributed by atoms with E-state index in [1.54, 1.807) is 0 Å². The van der Waals surface area contributed by atoms with Crippen molar-refractivity contribution in [2.24, 2.45) is 10.7 Å². The lowest BCUT2D eigenvalue weighted by molar-refractivity contribution is -0.140. The highest BCUT2D eigenvalue weighted by atomic mass is 16.5. The second-order valence-corrected chi connectivity index (χ2v) is 3.07. The van der Waals surface area contributed by atoms with Crippen LogP contribution >= 0.6 is 0 Å². The lowest BCUT2D eigenvalue weighted by atomic mass is 10.2. The van der Waals surface area contributed by atoms with Gasteiger partial charge >= 0.3 is 5.97 Å². The highest BCUT2D eigenvalue weighted by Gasteiger charge is 2.04. The largest absolute Gasteiger partial charge is 0.469 e. The number of nitrogens with two attached hydrogens (primary N) is 1. The molecule has 0 fully saturated rings. The molecule has 0 aromatic carbocycles. The van der Waals surface area contributed by atoms with Crippen LogP contribution in [0, 0.1) is 0 Å². The molecular formula is C9H18N2O2. The number of hydrogen-bond donors (Lipinski definition) is 1. The summed E-state index contributed by atoms with van der Waals surface area (Å²) < 4.78 is 4.52. The van der Waals surface area contributed by atoms with Crippen molar-refractivity contribution >= 4 is 11.7 Å². The van der Waals surface area contributed by atoms with Crippen LogP contribution in [0.15, 0.2) is 4.99 Å². The Bertz CT molecular complexity index is 188. The van der Waals surface area contributed by atoms with Crippen molar-refractivity contribution in [3.05, 3.63) is 0 Å². The molecule has 0 aromatic rings. The molecule has 0 aliphatic carbocycles. The van der Waals surface area contributed by atoms with Gasteiger partial charge in [-0.2, -0.15) is 0 Å². The van der Waals surface area contributed by atoms with E-state index in [-0.39, 0.29) is 12.0 Å². The smallest absolute Gasteiger partial charge is 0.305 e. The summed E-state index contributed by atoms with van der Waals surface area (Å²) >= 11 is 0. The van der Waals surface area contributed by atoms with Gasteiger partial charge in [0.05, 0.1) is 13.5 Å². The Kier molecular flexibility index (Phi) is 6.14. The predicted molar refractivity (Wildman–Crippen MR) is 52.9 cm³/mol. The maximum Gasteiger partial charge on any atom is 0.305 e. The van der Waals surface area contributed by atoms with E-state index in [2.05, 4.69) is 9.73 Å². The minimum Gasteiger partial charge on any atom is -0.469 e. The van der Waals surface area contributed by atoms with Gasteiger partial charge in [-0.25, -0.2) is 0 Å². The summed E-state index contributed by atoms with van der Waals surface area (Å²) in [5, 5.41) is 0. The number of rotatable bonds is 5. The standard InChI is InChI=1S/C9H18N2O2/c1-7(2)11-8(6-10)4-5-9(12)13-3/h7H,4-6,10H2,1-3H3/b11-8+. The first kappa shape index (κ1) is 12.1. The zero-order chi connectivity index (χ0) is 10.3. The predicted octanol–water partition coefficient (Wildman–Crippen LogP) is 0.748. The van der Waals surface area contributed by atoms with E-state index in [4.69, 9.17) is 5.73 Å². The molecule has 0 rings (SSSR count). The molecule has 0 atom stereocenters. The van der Waals surface area contributed by atoms with Gasteiger partial charge in [0, 0.05) is 18.3 Å². The molecular weight excluding hydrogens is 168 g/mol. The van der Waals surface area contributed by atoms with Crippen molar-refractivity contribution in [3.63, 3.8) is 0 Å². The van der Waals surface area contributed by atoms with Crippen LogP contribution in [0.5, 0.6) is 0 Å². The first-order chi connectivity index (χ1) is 6.10. The minimum absolute atomic E-state index is 0.218. The molecule has 0 spiro atoms. The van der Waals surface area contributed by atoms with Gasteiger partial charge in [-0.05, 0) is 20.3 Å². The van der Waals surface area contributed by atoms with Crippen LogP contribution in [-0.4, -0.2) is 31.4 Å². The van der Waals surface area contributed by atoms with E-state index < -0.39 is 0 Å². The second kappa shape index (κ2) is 6.60. The molecule has 0 aliphatic rings. The Balaban J connectivity index is 3.92. The first-order valence-electron chi connectivity index (χ1n) is 4.42. The fourth-order valence-corrected chi connectivity index (χ4v) is 0.933. The third kappa shape index (κ3) is 6.28. The Morgan fingerprint density at radius 1 is 1.46 bits per heavy atom. The van der Waals surface area contributed by atoms with Gasteiger partial charge in [-0.15, -0.1) is 0 Å². The first-order valence-corrected chi connectivity index (χ1v) is 4.42. The molecule has 4 nitrogen and oxygen atoms in total. The number of esters is 1. The topological polar surface area (TPSA) is 64.7 Å². The third-order valence-electron chi connectivity index (χ3n) is 1.52. The zero-order valence-electron chi connectivity index (χ0n) is 8.54. The second-order valence-electron chi connectivity index (χ2n) is 3.07. The Hall–Kier alpha value is -0.900. The Labute approximate surface area is 79.2 Å². The number of carbonyl (C=O) groups is 1. The minimum atomic E-state index is -0.218. The van der Waals surface area contributed by atoms with Crippen LogP contribution in [-0.2, 0) is 9.53 Å². The maximum absolute atomic E-state index is 10.8. The van der Waals surface area contributed by atoms with Crippen molar-refractivity contribution in [3.8, 4) is 0 Å². The van der Waals surface area contributed by atoms with E-state index in [1.807, 2.05) is 13.8 Å². The average molecular weight is 186 g/mol. The molecule has 0 aliphatic heterocycles. The number of methoxy groups -OCH3 is 1. The number of aliphatic imine (C=N–C) groups is 1. The molecule has 0 aromatic heterocycles. The Morgan fingerprint density at radius 3 is 2.46 bits per heavy atom. The van der Waals surface area contributed by atoms with Crippen molar-refractivity contribution in [2.45, 2.75) is 32.7 Å². The molecule has 4 heteroatoms. The Morgan fingerprint density at radius 2 is 2.08 bits per heavy atom. The lowest BCUT2D eigenvalue weighted by Gasteiger charge is -2.04. The highest BCUT2D eigenvalue weighted by molar-refractivity contribution is 5.89. The number of ether oxygens (including phenoxy) is 1. The van der Waals surface area contributed by atoms with Gasteiger partial charge in [-0.1, -0.05) is 0 Å². The van der Waals surface area contributed by atoms with Crippen LogP contribution in [0.2, 0.25) is 0 Å². The zero-order valence-corrected chi connectivity index (χ0v) is 8.54. The van der Waals surface area contributed by atoms with Crippen LogP contribution in [0.1, 0.15) is 26.7 Å². The summed E-state index contributed by atoms with van der Waals surface area (Å²) in [5.74, 6) is -0.218. The number of nitrogens with zero attached hydrogens (tertiary/aromatic N) is 1. The molecule has 2 N–H and O–H groups in total. The quantitative estimate of drug-likeness (QED) is 0.509. The molecule has 76 valence electrons. The van der Waals surface area contributed by atoms with E-state index in [0.717, 1.165) is 5.71 Å². The van der Waals surface area contributed by atoms with Gasteiger partial charge in [0.25, 0.3) is 0 Å². The van der Waals surface area contributed by atoms with Crippen LogP contribution in [0.25, 0.3) is 0 Å². The van der Waals surface area contributed by atoms with E-state index in [0.29, 0.717) is 19.4 Å². The molecule has 0 saturated heterocycles. The molecule has 0 heterocycles. The molecule has 0 bridgehead atoms. The van der Waals surface area contributed by atoms with Crippen LogP contribution in [0.3, 0.4) is 0 Å². The van der Waals surface area contributed by atoms with Gasteiger partial charge in [-0.3, -0.25) is 9.79 Å². The maximum atomic E-state index is 10.8. The van der Waals surface area contributed by atoms with Crippen LogP contribution < -0.4 is 5.73 Å². The summed E-state index contributed by atoms with van der Waals surface area (Å²) in [5.41, 5.74) is 6.34. The average Bonchev–Trinajstić information content (AvgIpc) is 2.10. The van der Waals surface area contributed by atoms with Gasteiger partial charge in [0.15, 0.2) is 0 Å². The van der Waals surface area contributed by atoms with Crippen molar-refractivity contribution in [2.75, 3.05) is 13.7 Å². The summed E-state index contributed by atoms with van der Waals surface area (Å²) in [4.78, 5) is 15.1. The fraction of sp³-hybridized carbons (Fsp3) is 0.778. The van der Waals surface area contributed by atoms with Gasteiger partial charge < -0.3 is 10.5 Å². The molecule has 13 heavy (non-hydrogen) atoms. The summed E-state index contributed by atoms with van der Waals surface area (Å²) in [7, 11) is 1.38. The fourth-order valence-electron chi connectivity index (χ4n) is 0.933. The summed E-state index contributed by atoms with van der Waals surface area (Å²) in [6, 6.07) is 0.233. The third-order valence-corrected chi connectivity index (χ3v) is 1.52. The molecule has 0 saturated carbocycles. The van der Waals surface area contributed by atoms with E-state index in [1.165, 1.54) is 7.11 Å². The van der Waals surface area contributed by atoms with Gasteiger partial charge in [0.2, 0.25) is 0 Å². The molecule has 0 unspecified atom stereocenters. The van der Waals surface area contributed by atoms with E-state index >= 15 is 0 Å². The molecule has 0 radical (unpaired) electrons. The van der Waals surface area contributed by atoms with E-state index in [9.17, 15) is 4.79 Å². The summed E-state index contributed by atoms with van der Waals surface area (Å²) in [6.07, 6.45) is 0.959. The number of carbonyl (C=O) groups excluding carboxylic acids is 1. The van der Waals surface area contributed by atoms with Crippen LogP contribution in [0.4, 0.5) is 0 Å². The van der Waals surface area contributed by atoms with Crippen molar-refractivity contribution < 1.29 is 9.53 Å². The van der Waals surface area contributed by atoms with Crippen molar-refractivity contribution in [1.82, 2.24) is 0 Å². The SMILES string of the molecule is COC(=O)CC/C(CN)=N\C(C)C. The monoisotopic (exact) mass is 186 g/mol. The highest BCUT2D eigenvalue weighted by Crippen LogP contribution is 1.97. The lowest BCUT2D eigenvalue weighted by Crippen LogP contribution is -2.17. The number of hydrogen-bond acceptors (Lipinski definition) is 4. The van der Waals surface area contributed by atoms with Crippen molar-refractivity contribution in [1.29, 1.82) is 0 Å². The normalized spacial score (nSPS) is 11.9.